The van der Waals surface area contributed by atoms with Crippen LogP contribution in [0.3, 0.4) is 0 Å². The number of phenolic OH excluding ortho intramolecular Hbond substituents is 2. The van der Waals surface area contributed by atoms with Crippen molar-refractivity contribution < 1.29 is 10.2 Å². The van der Waals surface area contributed by atoms with Gasteiger partial charge in [0.1, 0.15) is 11.5 Å². The molecule has 0 aromatic heterocycles. The maximum Gasteiger partial charge on any atom is 0.128 e. The maximum absolute atomic E-state index is 11.7. The maximum atomic E-state index is 11.7. The Labute approximate surface area is 230 Å². The highest BCUT2D eigenvalue weighted by Gasteiger charge is 2.34. The topological polar surface area (TPSA) is 43.7 Å². The number of benzene rings is 4. The summed E-state index contributed by atoms with van der Waals surface area (Å²) < 4.78 is 2.40. The summed E-state index contributed by atoms with van der Waals surface area (Å²) in [6.07, 6.45) is 0. The van der Waals surface area contributed by atoms with Crippen molar-refractivity contribution in [3.63, 3.8) is 0 Å². The third-order valence-corrected chi connectivity index (χ3v) is 12.1. The summed E-state index contributed by atoms with van der Waals surface area (Å²) in [5.41, 5.74) is 1.49. The average molecular weight is 544 g/mol. The van der Waals surface area contributed by atoms with Crippen LogP contribution in [-0.4, -0.2) is 21.7 Å². The lowest BCUT2D eigenvalue weighted by Crippen LogP contribution is -2.30. The van der Waals surface area contributed by atoms with E-state index in [0.29, 0.717) is 11.5 Å². The zero-order valence-corrected chi connectivity index (χ0v) is 25.3. The molecule has 2 N–H and O–H groups in total. The number of hydrogen-bond acceptors (Lipinski definition) is 3. The van der Waals surface area contributed by atoms with E-state index < -0.39 is 16.1 Å². The Balaban J connectivity index is 1.98. The second kappa shape index (κ2) is 11.2. The van der Waals surface area contributed by atoms with Crippen molar-refractivity contribution in [2.45, 2.75) is 52.4 Å². The Bertz CT molecular complexity index is 1270. The summed E-state index contributed by atoms with van der Waals surface area (Å²) in [5.74, 6) is 0.718. The van der Waals surface area contributed by atoms with Crippen molar-refractivity contribution in [1.82, 2.24) is 4.44 Å². The molecule has 0 radical (unpaired) electrons. The van der Waals surface area contributed by atoms with Crippen molar-refractivity contribution in [2.24, 2.45) is 0 Å². The fourth-order valence-electron chi connectivity index (χ4n) is 4.77. The molecule has 0 heterocycles. The monoisotopic (exact) mass is 543 g/mol. The normalized spacial score (nSPS) is 13.9. The van der Waals surface area contributed by atoms with Crippen LogP contribution in [-0.2, 0) is 10.8 Å². The van der Waals surface area contributed by atoms with Gasteiger partial charge in [-0.05, 0) is 51.7 Å². The molecule has 198 valence electrons. The Morgan fingerprint density at radius 2 is 0.842 bits per heavy atom. The van der Waals surface area contributed by atoms with Gasteiger partial charge in [0.05, 0.1) is 0 Å². The molecule has 0 bridgehead atoms. The van der Waals surface area contributed by atoms with Crippen molar-refractivity contribution in [2.75, 3.05) is 7.05 Å². The van der Waals surface area contributed by atoms with Crippen LogP contribution >= 0.6 is 16.1 Å². The molecule has 0 aliphatic rings. The largest absolute Gasteiger partial charge is 0.507 e. The molecular weight excluding hydrogens is 504 g/mol. The molecule has 4 aromatic carbocycles. The van der Waals surface area contributed by atoms with E-state index in [4.69, 9.17) is 0 Å². The SMILES string of the molecule is CN(P(c1ccccc1)c1cccc(C(C)(C)C)c1O)P(c1ccccc1)c1cccc(C(C)(C)C)c1O. The predicted molar refractivity (Wildman–Crippen MR) is 167 cm³/mol. The number of phenols is 2. The number of aromatic hydroxyl groups is 2. The first-order valence-electron chi connectivity index (χ1n) is 13.0. The molecule has 4 rings (SSSR count). The van der Waals surface area contributed by atoms with Gasteiger partial charge >= 0.3 is 0 Å². The summed E-state index contributed by atoms with van der Waals surface area (Å²) in [5, 5.41) is 27.5. The van der Waals surface area contributed by atoms with Gasteiger partial charge < -0.3 is 10.2 Å². The summed E-state index contributed by atoms with van der Waals surface area (Å²) >= 11 is 0. The first-order valence-corrected chi connectivity index (χ1v) is 15.6. The first-order chi connectivity index (χ1) is 17.9. The van der Waals surface area contributed by atoms with Gasteiger partial charge in [-0.25, -0.2) is 4.44 Å². The Morgan fingerprint density at radius 3 is 1.16 bits per heavy atom. The van der Waals surface area contributed by atoms with Crippen LogP contribution in [0, 0.1) is 0 Å². The standard InChI is InChI=1S/C33H39NO2P2/c1-32(2,3)26-20-14-22-28(30(26)35)37(24-16-10-8-11-17-24)34(7)38(25-18-12-9-13-19-25)29-23-15-21-27(31(29)36)33(4,5)6/h8-23,35-36H,1-7H3. The lowest BCUT2D eigenvalue weighted by Gasteiger charge is -2.37. The molecule has 4 aromatic rings. The van der Waals surface area contributed by atoms with E-state index >= 15 is 0 Å². The van der Waals surface area contributed by atoms with E-state index in [1.165, 1.54) is 0 Å². The fourth-order valence-corrected chi connectivity index (χ4v) is 10.5. The molecule has 0 aliphatic carbocycles. The second-order valence-electron chi connectivity index (χ2n) is 11.6. The van der Waals surface area contributed by atoms with Gasteiger partial charge in [0.2, 0.25) is 0 Å². The molecule has 2 unspecified atom stereocenters. The quantitative estimate of drug-likeness (QED) is 0.257. The van der Waals surface area contributed by atoms with Gasteiger partial charge in [-0.1, -0.05) is 126 Å². The fraction of sp³-hybridized carbons (Fsp3) is 0.273. The van der Waals surface area contributed by atoms with Crippen molar-refractivity contribution in [1.29, 1.82) is 0 Å². The average Bonchev–Trinajstić information content (AvgIpc) is 2.86. The Kier molecular flexibility index (Phi) is 8.34. The van der Waals surface area contributed by atoms with Gasteiger partial charge in [-0.3, -0.25) is 0 Å². The molecule has 0 saturated carbocycles. The lowest BCUT2D eigenvalue weighted by molar-refractivity contribution is 0.450. The minimum Gasteiger partial charge on any atom is -0.507 e. The second-order valence-corrected chi connectivity index (χ2v) is 16.4. The number of nitrogens with zero attached hydrogens (tertiary/aromatic N) is 1. The highest BCUT2D eigenvalue weighted by atomic mass is 31.2. The van der Waals surface area contributed by atoms with Crippen molar-refractivity contribution in [3.8, 4) is 11.5 Å². The van der Waals surface area contributed by atoms with Gasteiger partial charge in [-0.2, -0.15) is 0 Å². The highest BCUT2D eigenvalue weighted by molar-refractivity contribution is 7.84. The number of para-hydroxylation sites is 2. The molecule has 0 spiro atoms. The van der Waals surface area contributed by atoms with Crippen LogP contribution < -0.4 is 21.2 Å². The van der Waals surface area contributed by atoms with Gasteiger partial charge in [-0.15, -0.1) is 0 Å². The van der Waals surface area contributed by atoms with Crippen LogP contribution in [0.25, 0.3) is 0 Å². The molecule has 3 nitrogen and oxygen atoms in total. The molecule has 38 heavy (non-hydrogen) atoms. The number of rotatable bonds is 6. The minimum absolute atomic E-state index is 0.195. The molecule has 0 saturated heterocycles. The van der Waals surface area contributed by atoms with E-state index in [9.17, 15) is 10.2 Å². The summed E-state index contributed by atoms with van der Waals surface area (Å²) in [6.45, 7) is 12.8. The van der Waals surface area contributed by atoms with Crippen LogP contribution in [0.4, 0.5) is 0 Å². The van der Waals surface area contributed by atoms with Crippen LogP contribution in [0.2, 0.25) is 0 Å². The number of hydrogen-bond donors (Lipinski definition) is 2. The molecule has 5 heteroatoms. The highest BCUT2D eigenvalue weighted by Crippen LogP contribution is 2.56. The molecule has 2 atom stereocenters. The molecule has 0 amide bonds. The first kappa shape index (κ1) is 28.3. The van der Waals surface area contributed by atoms with E-state index in [1.54, 1.807) is 0 Å². The Morgan fingerprint density at radius 1 is 0.500 bits per heavy atom. The van der Waals surface area contributed by atoms with Crippen molar-refractivity contribution >= 4 is 37.4 Å². The molecule has 0 fully saturated rings. The zero-order chi connectivity index (χ0) is 27.7. The van der Waals surface area contributed by atoms with E-state index in [1.807, 2.05) is 24.3 Å². The van der Waals surface area contributed by atoms with Crippen LogP contribution in [0.5, 0.6) is 11.5 Å². The predicted octanol–water partition coefficient (Wildman–Crippen LogP) is 7.02. The van der Waals surface area contributed by atoms with Gasteiger partial charge in [0.25, 0.3) is 0 Å². The molecule has 0 aliphatic heterocycles. The Hall–Kier alpha value is -2.70. The summed E-state index contributed by atoms with van der Waals surface area (Å²) in [7, 11) is -0.121. The zero-order valence-electron chi connectivity index (χ0n) is 23.5. The smallest absolute Gasteiger partial charge is 0.128 e. The lowest BCUT2D eigenvalue weighted by atomic mass is 9.86. The van der Waals surface area contributed by atoms with E-state index in [-0.39, 0.29) is 10.8 Å². The van der Waals surface area contributed by atoms with Crippen LogP contribution in [0.15, 0.2) is 97.1 Å². The van der Waals surface area contributed by atoms with Crippen molar-refractivity contribution in [3.05, 3.63) is 108 Å². The van der Waals surface area contributed by atoms with Gasteiger partial charge in [0, 0.05) is 26.8 Å². The third-order valence-electron chi connectivity index (χ3n) is 6.68. The summed E-state index contributed by atoms with van der Waals surface area (Å²) in [6, 6.07) is 33.2. The third kappa shape index (κ3) is 5.81. The van der Waals surface area contributed by atoms with Gasteiger partial charge in [0.15, 0.2) is 0 Å². The van der Waals surface area contributed by atoms with E-state index in [2.05, 4.69) is 126 Å². The van der Waals surface area contributed by atoms with Crippen LogP contribution in [0.1, 0.15) is 52.7 Å². The minimum atomic E-state index is -1.13. The van der Waals surface area contributed by atoms with E-state index in [0.717, 1.165) is 32.3 Å². The molecular formula is C33H39NO2P2. The summed E-state index contributed by atoms with van der Waals surface area (Å²) in [4.78, 5) is 0.